The minimum absolute atomic E-state index is 0.261. The smallest absolute Gasteiger partial charge is 0.133 e. The van der Waals surface area contributed by atoms with Crippen LogP contribution in [0.15, 0.2) is 28.3 Å². The molecule has 2 aliphatic carbocycles. The van der Waals surface area contributed by atoms with Gasteiger partial charge in [-0.05, 0) is 81.3 Å². The molecule has 0 saturated heterocycles. The first kappa shape index (κ1) is 16.7. The summed E-state index contributed by atoms with van der Waals surface area (Å²) in [6, 6.07) is 0.261. The molecule has 3 rings (SSSR count). The molecular formula is C21H31NO. The molecule has 23 heavy (non-hydrogen) atoms. The molecule has 2 bridgehead atoms. The molecule has 2 fully saturated rings. The van der Waals surface area contributed by atoms with Crippen molar-refractivity contribution in [3.63, 3.8) is 0 Å². The maximum atomic E-state index is 12.3. The van der Waals surface area contributed by atoms with Crippen molar-refractivity contribution in [1.82, 2.24) is 0 Å². The molecule has 0 amide bonds. The number of hydrogen-bond acceptors (Lipinski definition) is 2. The number of fused-ring (bicyclic) bond motifs is 2. The van der Waals surface area contributed by atoms with E-state index >= 15 is 0 Å². The van der Waals surface area contributed by atoms with E-state index in [-0.39, 0.29) is 12.0 Å². The highest BCUT2D eigenvalue weighted by Crippen LogP contribution is 2.56. The summed E-state index contributed by atoms with van der Waals surface area (Å²) in [6.07, 6.45) is 9.03. The Labute approximate surface area is 141 Å². The van der Waals surface area contributed by atoms with E-state index in [0.29, 0.717) is 17.6 Å². The number of nitrogens with zero attached hydrogens (tertiary/aromatic N) is 1. The van der Waals surface area contributed by atoms with E-state index in [2.05, 4.69) is 39.8 Å². The number of hydrogen-bond donors (Lipinski definition) is 0. The highest BCUT2D eigenvalue weighted by Gasteiger charge is 2.52. The Morgan fingerprint density at radius 2 is 2.00 bits per heavy atom. The zero-order chi connectivity index (χ0) is 16.7. The van der Waals surface area contributed by atoms with Crippen LogP contribution < -0.4 is 0 Å². The number of carbonyl (C=O) groups excluding carboxylic acids is 1. The second-order valence-corrected chi connectivity index (χ2v) is 8.08. The molecule has 0 N–H and O–H groups in total. The zero-order valence-corrected chi connectivity index (χ0v) is 15.3. The monoisotopic (exact) mass is 313 g/mol. The Morgan fingerprint density at radius 1 is 1.26 bits per heavy atom. The largest absolute Gasteiger partial charge is 0.300 e. The molecule has 2 saturated carbocycles. The van der Waals surface area contributed by atoms with Crippen LogP contribution in [0.4, 0.5) is 0 Å². The van der Waals surface area contributed by atoms with Crippen LogP contribution in [0.1, 0.15) is 60.3 Å². The summed E-state index contributed by atoms with van der Waals surface area (Å²) >= 11 is 0. The molecular weight excluding hydrogens is 282 g/mol. The fraction of sp³-hybridized carbons (Fsp3) is 0.714. The van der Waals surface area contributed by atoms with E-state index in [1.165, 1.54) is 29.7 Å². The second kappa shape index (κ2) is 6.37. The number of aliphatic imine (C=N–C) groups is 1. The van der Waals surface area contributed by atoms with Crippen LogP contribution in [0.2, 0.25) is 0 Å². The van der Waals surface area contributed by atoms with Gasteiger partial charge in [-0.3, -0.25) is 9.79 Å². The molecule has 2 nitrogen and oxygen atoms in total. The molecule has 0 aromatic rings. The molecule has 0 radical (unpaired) electrons. The Bertz CT molecular complexity index is 583. The van der Waals surface area contributed by atoms with Gasteiger partial charge in [-0.15, -0.1) is 0 Å². The van der Waals surface area contributed by atoms with Crippen LogP contribution in [0.25, 0.3) is 0 Å². The molecule has 6 unspecified atom stereocenters. The SMILES string of the molecule is CCC1=CC=C(C)C(C)N=C1CC1C2CC(CC2C)C1C(C)=O. The quantitative estimate of drug-likeness (QED) is 0.718. The maximum Gasteiger partial charge on any atom is 0.133 e. The van der Waals surface area contributed by atoms with Gasteiger partial charge in [0.05, 0.1) is 6.04 Å². The number of rotatable bonds is 4. The van der Waals surface area contributed by atoms with E-state index in [0.717, 1.165) is 24.7 Å². The van der Waals surface area contributed by atoms with Crippen molar-refractivity contribution in [3.8, 4) is 0 Å². The van der Waals surface area contributed by atoms with E-state index in [1.54, 1.807) is 0 Å². The van der Waals surface area contributed by atoms with Gasteiger partial charge in [-0.25, -0.2) is 0 Å². The summed E-state index contributed by atoms with van der Waals surface area (Å²) in [6.45, 7) is 10.8. The summed E-state index contributed by atoms with van der Waals surface area (Å²) in [5.74, 6) is 3.34. The lowest BCUT2D eigenvalue weighted by atomic mass is 9.70. The molecule has 126 valence electrons. The van der Waals surface area contributed by atoms with Gasteiger partial charge in [0.1, 0.15) is 5.78 Å². The van der Waals surface area contributed by atoms with Crippen molar-refractivity contribution in [1.29, 1.82) is 0 Å². The molecule has 1 aliphatic heterocycles. The first-order chi connectivity index (χ1) is 10.9. The normalized spacial score (nSPS) is 39.6. The van der Waals surface area contributed by atoms with Crippen molar-refractivity contribution >= 4 is 11.5 Å². The Balaban J connectivity index is 1.87. The third-order valence-electron chi connectivity index (χ3n) is 6.71. The molecule has 2 heteroatoms. The average molecular weight is 313 g/mol. The summed E-state index contributed by atoms with van der Waals surface area (Å²) in [5, 5.41) is 0. The van der Waals surface area contributed by atoms with Crippen molar-refractivity contribution in [2.75, 3.05) is 0 Å². The summed E-state index contributed by atoms with van der Waals surface area (Å²) in [5.41, 5.74) is 3.96. The highest BCUT2D eigenvalue weighted by atomic mass is 16.1. The summed E-state index contributed by atoms with van der Waals surface area (Å²) in [7, 11) is 0. The lowest BCUT2D eigenvalue weighted by Gasteiger charge is -2.33. The van der Waals surface area contributed by atoms with E-state index in [9.17, 15) is 4.79 Å². The van der Waals surface area contributed by atoms with Gasteiger partial charge in [0.2, 0.25) is 0 Å². The topological polar surface area (TPSA) is 29.4 Å². The van der Waals surface area contributed by atoms with Gasteiger partial charge < -0.3 is 0 Å². The first-order valence-corrected chi connectivity index (χ1v) is 9.37. The van der Waals surface area contributed by atoms with Crippen molar-refractivity contribution in [2.45, 2.75) is 66.3 Å². The number of ketones is 1. The van der Waals surface area contributed by atoms with Crippen LogP contribution in [-0.4, -0.2) is 17.5 Å². The standard InChI is InChI=1S/C21H31NO/c1-6-16-8-7-12(2)14(4)22-20(16)11-19-18-10-17(9-13(18)3)21(19)15(5)23/h7-8,13-14,17-19,21H,6,9-11H2,1-5H3. The summed E-state index contributed by atoms with van der Waals surface area (Å²) < 4.78 is 0. The second-order valence-electron chi connectivity index (χ2n) is 8.08. The minimum atomic E-state index is 0.261. The molecule has 0 spiro atoms. The predicted octanol–water partition coefficient (Wildman–Crippen LogP) is 5.00. The van der Waals surface area contributed by atoms with Gasteiger partial charge >= 0.3 is 0 Å². The van der Waals surface area contributed by atoms with E-state index in [4.69, 9.17) is 4.99 Å². The third kappa shape index (κ3) is 2.97. The molecule has 3 aliphatic rings. The van der Waals surface area contributed by atoms with Crippen molar-refractivity contribution in [3.05, 3.63) is 23.3 Å². The lowest BCUT2D eigenvalue weighted by Crippen LogP contribution is -2.33. The summed E-state index contributed by atoms with van der Waals surface area (Å²) in [4.78, 5) is 17.3. The van der Waals surface area contributed by atoms with Crippen LogP contribution in [0.5, 0.6) is 0 Å². The number of carbonyl (C=O) groups is 1. The Kier molecular flexibility index (Phi) is 4.62. The Morgan fingerprint density at radius 3 is 2.65 bits per heavy atom. The van der Waals surface area contributed by atoms with Gasteiger partial charge in [0, 0.05) is 11.6 Å². The van der Waals surface area contributed by atoms with Crippen molar-refractivity contribution in [2.24, 2.45) is 34.6 Å². The number of allylic oxidation sites excluding steroid dienone is 3. The maximum absolute atomic E-state index is 12.3. The van der Waals surface area contributed by atoms with Gasteiger partial charge in [-0.2, -0.15) is 0 Å². The average Bonchev–Trinajstić information content (AvgIpc) is 2.99. The van der Waals surface area contributed by atoms with Gasteiger partial charge in [-0.1, -0.05) is 26.0 Å². The van der Waals surface area contributed by atoms with Gasteiger partial charge in [0.25, 0.3) is 0 Å². The fourth-order valence-corrected chi connectivity index (χ4v) is 5.36. The lowest BCUT2D eigenvalue weighted by molar-refractivity contribution is -0.124. The van der Waals surface area contributed by atoms with Crippen LogP contribution in [0, 0.1) is 29.6 Å². The minimum Gasteiger partial charge on any atom is -0.300 e. The molecule has 6 atom stereocenters. The Hall–Kier alpha value is -1.18. The third-order valence-corrected chi connectivity index (χ3v) is 6.71. The van der Waals surface area contributed by atoms with Crippen LogP contribution >= 0.6 is 0 Å². The number of Topliss-reactive ketones (excluding diaryl/α,β-unsaturated/α-hetero) is 1. The van der Waals surface area contributed by atoms with E-state index in [1.807, 2.05) is 6.92 Å². The molecule has 1 heterocycles. The van der Waals surface area contributed by atoms with Crippen LogP contribution in [0.3, 0.4) is 0 Å². The van der Waals surface area contributed by atoms with Crippen LogP contribution in [-0.2, 0) is 4.79 Å². The molecule has 0 aromatic heterocycles. The highest BCUT2D eigenvalue weighted by molar-refractivity contribution is 6.01. The fourth-order valence-electron chi connectivity index (χ4n) is 5.36. The predicted molar refractivity (Wildman–Crippen MR) is 96.7 cm³/mol. The molecule has 0 aromatic carbocycles. The first-order valence-electron chi connectivity index (χ1n) is 9.37. The van der Waals surface area contributed by atoms with Gasteiger partial charge in [0.15, 0.2) is 0 Å². The zero-order valence-electron chi connectivity index (χ0n) is 15.3. The van der Waals surface area contributed by atoms with E-state index < -0.39 is 0 Å². The van der Waals surface area contributed by atoms with Crippen molar-refractivity contribution < 1.29 is 4.79 Å².